The molecular formula is C11H10ClIN2. The number of anilines is 1. The third-order valence-corrected chi connectivity index (χ3v) is 3.20. The van der Waals surface area contributed by atoms with E-state index in [0.717, 1.165) is 20.8 Å². The summed E-state index contributed by atoms with van der Waals surface area (Å²) in [7, 11) is 0. The van der Waals surface area contributed by atoms with Crippen LogP contribution in [0.5, 0.6) is 0 Å². The maximum Gasteiger partial charge on any atom is 0.0479 e. The fourth-order valence-electron chi connectivity index (χ4n) is 1.30. The first-order chi connectivity index (χ1) is 7.25. The molecule has 15 heavy (non-hydrogen) atoms. The average molecular weight is 333 g/mol. The fraction of sp³-hybridized carbons (Fsp3) is 0.0909. The van der Waals surface area contributed by atoms with Crippen molar-refractivity contribution in [2.45, 2.75) is 6.54 Å². The third kappa shape index (κ3) is 2.89. The molecule has 78 valence electrons. The van der Waals surface area contributed by atoms with Gasteiger partial charge in [-0.1, -0.05) is 11.6 Å². The molecule has 0 radical (unpaired) electrons. The number of H-pyrrole nitrogens is 1. The molecule has 1 aromatic heterocycles. The molecule has 1 aromatic carbocycles. The normalized spacial score (nSPS) is 10.3. The standard InChI is InChI=1S/C11H10ClIN2/c12-9-1-2-11(10(13)5-9)15-7-8-3-4-14-6-8/h1-6,14-15H,7H2. The lowest BCUT2D eigenvalue weighted by atomic mass is 10.3. The van der Waals surface area contributed by atoms with Gasteiger partial charge in [-0.3, -0.25) is 0 Å². The largest absolute Gasteiger partial charge is 0.380 e. The molecular weight excluding hydrogens is 322 g/mol. The summed E-state index contributed by atoms with van der Waals surface area (Å²) in [6, 6.07) is 7.89. The van der Waals surface area contributed by atoms with Gasteiger partial charge in [-0.15, -0.1) is 0 Å². The quantitative estimate of drug-likeness (QED) is 0.820. The lowest BCUT2D eigenvalue weighted by molar-refractivity contribution is 1.15. The number of aromatic amines is 1. The predicted molar refractivity (Wildman–Crippen MR) is 72.3 cm³/mol. The van der Waals surface area contributed by atoms with Crippen molar-refractivity contribution in [3.05, 3.63) is 50.8 Å². The summed E-state index contributed by atoms with van der Waals surface area (Å²) in [5.74, 6) is 0. The van der Waals surface area contributed by atoms with Gasteiger partial charge in [0.05, 0.1) is 0 Å². The predicted octanol–water partition coefficient (Wildman–Crippen LogP) is 3.88. The minimum Gasteiger partial charge on any atom is -0.380 e. The van der Waals surface area contributed by atoms with Gasteiger partial charge in [-0.25, -0.2) is 0 Å². The van der Waals surface area contributed by atoms with Crippen molar-refractivity contribution in [1.82, 2.24) is 4.98 Å². The molecule has 2 nitrogen and oxygen atoms in total. The van der Waals surface area contributed by atoms with Gasteiger partial charge < -0.3 is 10.3 Å². The van der Waals surface area contributed by atoms with Gasteiger partial charge in [-0.05, 0) is 52.4 Å². The number of nitrogens with one attached hydrogen (secondary N) is 2. The first-order valence-electron chi connectivity index (χ1n) is 4.56. The Hall–Kier alpha value is -0.680. The minimum absolute atomic E-state index is 0.770. The number of aromatic nitrogens is 1. The van der Waals surface area contributed by atoms with E-state index in [1.54, 1.807) is 0 Å². The van der Waals surface area contributed by atoms with Crippen LogP contribution in [0.4, 0.5) is 5.69 Å². The lowest BCUT2D eigenvalue weighted by Crippen LogP contribution is -1.99. The van der Waals surface area contributed by atoms with E-state index in [-0.39, 0.29) is 0 Å². The monoisotopic (exact) mass is 332 g/mol. The van der Waals surface area contributed by atoms with Crippen molar-refractivity contribution in [2.75, 3.05) is 5.32 Å². The summed E-state index contributed by atoms with van der Waals surface area (Å²) in [6.45, 7) is 0.821. The van der Waals surface area contributed by atoms with Gasteiger partial charge in [0.15, 0.2) is 0 Å². The molecule has 2 rings (SSSR count). The van der Waals surface area contributed by atoms with Crippen molar-refractivity contribution >= 4 is 39.9 Å². The maximum absolute atomic E-state index is 5.88. The van der Waals surface area contributed by atoms with Gasteiger partial charge in [0, 0.05) is 33.2 Å². The third-order valence-electron chi connectivity index (χ3n) is 2.08. The summed E-state index contributed by atoms with van der Waals surface area (Å²) >= 11 is 8.15. The second-order valence-corrected chi connectivity index (χ2v) is 4.80. The highest BCUT2D eigenvalue weighted by Crippen LogP contribution is 2.22. The summed E-state index contributed by atoms with van der Waals surface area (Å²) in [6.07, 6.45) is 3.90. The van der Waals surface area contributed by atoms with Crippen LogP contribution in [0, 0.1) is 3.57 Å². The molecule has 0 amide bonds. The molecule has 0 aliphatic heterocycles. The van der Waals surface area contributed by atoms with Gasteiger partial charge in [0.2, 0.25) is 0 Å². The van der Waals surface area contributed by atoms with Crippen LogP contribution in [0.3, 0.4) is 0 Å². The number of benzene rings is 1. The van der Waals surface area contributed by atoms with Crippen molar-refractivity contribution < 1.29 is 0 Å². The Kier molecular flexibility index (Phi) is 3.53. The summed E-state index contributed by atoms with van der Waals surface area (Å²) < 4.78 is 1.13. The topological polar surface area (TPSA) is 27.8 Å². The Morgan fingerprint density at radius 1 is 1.33 bits per heavy atom. The van der Waals surface area contributed by atoms with Crippen LogP contribution in [-0.2, 0) is 6.54 Å². The second kappa shape index (κ2) is 4.90. The molecule has 0 bridgehead atoms. The maximum atomic E-state index is 5.88. The summed E-state index contributed by atoms with van der Waals surface area (Å²) in [4.78, 5) is 3.03. The molecule has 0 atom stereocenters. The molecule has 2 N–H and O–H groups in total. The minimum atomic E-state index is 0.770. The van der Waals surface area contributed by atoms with Crippen LogP contribution < -0.4 is 5.32 Å². The first kappa shape index (κ1) is 10.8. The zero-order valence-electron chi connectivity index (χ0n) is 7.93. The van der Waals surface area contributed by atoms with Crippen LogP contribution in [0.15, 0.2) is 36.7 Å². The van der Waals surface area contributed by atoms with E-state index in [1.165, 1.54) is 5.56 Å². The fourth-order valence-corrected chi connectivity index (χ4v) is 2.36. The zero-order chi connectivity index (χ0) is 10.7. The van der Waals surface area contributed by atoms with E-state index in [9.17, 15) is 0 Å². The van der Waals surface area contributed by atoms with E-state index in [4.69, 9.17) is 11.6 Å². The van der Waals surface area contributed by atoms with E-state index < -0.39 is 0 Å². The summed E-state index contributed by atoms with van der Waals surface area (Å²) in [5, 5.41) is 4.13. The van der Waals surface area contributed by atoms with E-state index in [2.05, 4.69) is 39.0 Å². The molecule has 0 aliphatic rings. The molecule has 0 saturated carbocycles. The van der Waals surface area contributed by atoms with E-state index >= 15 is 0 Å². The highest BCUT2D eigenvalue weighted by atomic mass is 127. The number of hydrogen-bond donors (Lipinski definition) is 2. The van der Waals surface area contributed by atoms with Crippen molar-refractivity contribution in [3.63, 3.8) is 0 Å². The number of hydrogen-bond acceptors (Lipinski definition) is 1. The van der Waals surface area contributed by atoms with E-state index in [0.29, 0.717) is 0 Å². The van der Waals surface area contributed by atoms with E-state index in [1.807, 2.05) is 30.6 Å². The highest BCUT2D eigenvalue weighted by Gasteiger charge is 2.00. The highest BCUT2D eigenvalue weighted by molar-refractivity contribution is 14.1. The molecule has 0 aliphatic carbocycles. The van der Waals surface area contributed by atoms with Gasteiger partial charge in [0.25, 0.3) is 0 Å². The average Bonchev–Trinajstić information content (AvgIpc) is 2.69. The first-order valence-corrected chi connectivity index (χ1v) is 6.02. The Bertz CT molecular complexity index is 440. The molecule has 0 fully saturated rings. The van der Waals surface area contributed by atoms with Crippen LogP contribution in [0.2, 0.25) is 5.02 Å². The van der Waals surface area contributed by atoms with Crippen LogP contribution in [0.1, 0.15) is 5.56 Å². The van der Waals surface area contributed by atoms with Crippen molar-refractivity contribution in [2.24, 2.45) is 0 Å². The molecule has 4 heteroatoms. The summed E-state index contributed by atoms with van der Waals surface area (Å²) in [5.41, 5.74) is 2.35. The molecule has 2 aromatic rings. The zero-order valence-corrected chi connectivity index (χ0v) is 10.8. The smallest absolute Gasteiger partial charge is 0.0479 e. The van der Waals surface area contributed by atoms with Crippen molar-refractivity contribution in [1.29, 1.82) is 0 Å². The van der Waals surface area contributed by atoms with Crippen LogP contribution in [0.25, 0.3) is 0 Å². The van der Waals surface area contributed by atoms with Crippen LogP contribution in [-0.4, -0.2) is 4.98 Å². The molecule has 1 heterocycles. The van der Waals surface area contributed by atoms with Gasteiger partial charge in [-0.2, -0.15) is 0 Å². The second-order valence-electron chi connectivity index (χ2n) is 3.20. The Labute approximate surface area is 107 Å². The van der Waals surface area contributed by atoms with Crippen LogP contribution >= 0.6 is 34.2 Å². The number of rotatable bonds is 3. The Morgan fingerprint density at radius 2 is 2.20 bits per heavy atom. The SMILES string of the molecule is Clc1ccc(NCc2cc[nH]c2)c(I)c1. The lowest BCUT2D eigenvalue weighted by Gasteiger charge is -2.07. The molecule has 0 saturated heterocycles. The molecule has 0 spiro atoms. The van der Waals surface area contributed by atoms with Gasteiger partial charge in [0.1, 0.15) is 0 Å². The number of halogens is 2. The Balaban J connectivity index is 2.05. The molecule has 0 unspecified atom stereocenters. The van der Waals surface area contributed by atoms with Gasteiger partial charge >= 0.3 is 0 Å². The Morgan fingerprint density at radius 3 is 2.87 bits per heavy atom. The van der Waals surface area contributed by atoms with Crippen molar-refractivity contribution in [3.8, 4) is 0 Å².